The number of alkyl carbamates (subject to hydrolysis) is 1. The van der Waals surface area contributed by atoms with E-state index >= 15 is 0 Å². The summed E-state index contributed by atoms with van der Waals surface area (Å²) >= 11 is 0. The Hall–Kier alpha value is -2.72. The minimum Gasteiger partial charge on any atom is -0.445 e. The molecule has 0 radical (unpaired) electrons. The van der Waals surface area contributed by atoms with Crippen LogP contribution in [-0.2, 0) is 16.1 Å². The summed E-state index contributed by atoms with van der Waals surface area (Å²) in [5.41, 5.74) is 0.570. The third kappa shape index (κ3) is 5.97. The van der Waals surface area contributed by atoms with Crippen LogP contribution in [0.4, 0.5) is 10.5 Å². The Balaban J connectivity index is 1.65. The van der Waals surface area contributed by atoms with Gasteiger partial charge in [0.05, 0.1) is 4.92 Å². The fraction of sp³-hybridized carbons (Fsp3) is 0.500. The SMILES string of the molecule is O=C(NCCC(O)C(=O)N1CCNCC1)OCc1ccc([N+](=O)[O-])cc1. The summed E-state index contributed by atoms with van der Waals surface area (Å²) < 4.78 is 4.98. The Bertz CT molecular complexity index is 630. The van der Waals surface area contributed by atoms with Crippen molar-refractivity contribution in [2.45, 2.75) is 19.1 Å². The van der Waals surface area contributed by atoms with Gasteiger partial charge in [-0.05, 0) is 24.1 Å². The van der Waals surface area contributed by atoms with Crippen molar-refractivity contribution in [2.24, 2.45) is 0 Å². The van der Waals surface area contributed by atoms with Crippen molar-refractivity contribution in [1.29, 1.82) is 0 Å². The lowest BCUT2D eigenvalue weighted by Gasteiger charge is -2.29. The summed E-state index contributed by atoms with van der Waals surface area (Å²) in [6.07, 6.45) is -1.76. The maximum Gasteiger partial charge on any atom is 0.407 e. The fourth-order valence-electron chi connectivity index (χ4n) is 2.44. The Morgan fingerprint density at radius 2 is 1.96 bits per heavy atom. The van der Waals surface area contributed by atoms with E-state index in [1.807, 2.05) is 0 Å². The molecule has 0 aliphatic carbocycles. The minimum absolute atomic E-state index is 0.0356. The summed E-state index contributed by atoms with van der Waals surface area (Å²) in [6.45, 7) is 2.57. The zero-order chi connectivity index (χ0) is 18.9. The van der Waals surface area contributed by atoms with Gasteiger partial charge in [0.1, 0.15) is 12.7 Å². The number of nitrogens with zero attached hydrogens (tertiary/aromatic N) is 2. The molecule has 1 aliphatic rings. The first-order valence-corrected chi connectivity index (χ1v) is 8.29. The highest BCUT2D eigenvalue weighted by Gasteiger charge is 2.23. The van der Waals surface area contributed by atoms with Crippen LogP contribution in [0.1, 0.15) is 12.0 Å². The molecule has 0 aromatic heterocycles. The van der Waals surface area contributed by atoms with Crippen molar-refractivity contribution in [3.8, 4) is 0 Å². The Morgan fingerprint density at radius 3 is 2.58 bits per heavy atom. The van der Waals surface area contributed by atoms with Crippen molar-refractivity contribution < 1.29 is 24.4 Å². The fourth-order valence-corrected chi connectivity index (χ4v) is 2.44. The molecule has 0 spiro atoms. The highest BCUT2D eigenvalue weighted by atomic mass is 16.6. The number of non-ortho nitro benzene ring substituents is 1. The van der Waals surface area contributed by atoms with Crippen LogP contribution in [0.15, 0.2) is 24.3 Å². The van der Waals surface area contributed by atoms with E-state index in [-0.39, 0.29) is 31.2 Å². The van der Waals surface area contributed by atoms with Gasteiger partial charge < -0.3 is 25.4 Å². The number of benzene rings is 1. The molecule has 142 valence electrons. The minimum atomic E-state index is -1.16. The van der Waals surface area contributed by atoms with Gasteiger partial charge in [-0.1, -0.05) is 0 Å². The van der Waals surface area contributed by atoms with Crippen molar-refractivity contribution >= 4 is 17.7 Å². The van der Waals surface area contributed by atoms with Gasteiger partial charge >= 0.3 is 6.09 Å². The second-order valence-corrected chi connectivity index (χ2v) is 5.81. The zero-order valence-electron chi connectivity index (χ0n) is 14.2. The van der Waals surface area contributed by atoms with Gasteiger partial charge in [0, 0.05) is 44.9 Å². The van der Waals surface area contributed by atoms with Crippen LogP contribution >= 0.6 is 0 Å². The number of nitro groups is 1. The van der Waals surface area contributed by atoms with Gasteiger partial charge in [0.25, 0.3) is 11.6 Å². The molecule has 2 amide bonds. The molecule has 1 heterocycles. The molecule has 0 saturated carbocycles. The van der Waals surface area contributed by atoms with Crippen LogP contribution in [0.5, 0.6) is 0 Å². The molecule has 1 aromatic rings. The number of hydrogen-bond acceptors (Lipinski definition) is 7. The first-order valence-electron chi connectivity index (χ1n) is 8.29. The number of carbonyl (C=O) groups excluding carboxylic acids is 2. The first kappa shape index (κ1) is 19.6. The molecule has 1 fully saturated rings. The average molecular weight is 366 g/mol. The Labute approximate surface area is 150 Å². The average Bonchev–Trinajstić information content (AvgIpc) is 2.66. The van der Waals surface area contributed by atoms with Crippen LogP contribution in [0, 0.1) is 10.1 Å². The highest BCUT2D eigenvalue weighted by Crippen LogP contribution is 2.12. The van der Waals surface area contributed by atoms with Crippen molar-refractivity contribution in [3.63, 3.8) is 0 Å². The lowest BCUT2D eigenvalue weighted by atomic mass is 10.2. The summed E-state index contributed by atoms with van der Waals surface area (Å²) in [5, 5.41) is 26.0. The van der Waals surface area contributed by atoms with Gasteiger partial charge in [-0.2, -0.15) is 0 Å². The lowest BCUT2D eigenvalue weighted by molar-refractivity contribution is -0.384. The summed E-state index contributed by atoms with van der Waals surface area (Å²) in [6, 6.07) is 5.66. The number of nitro benzene ring substituents is 1. The van der Waals surface area contributed by atoms with E-state index < -0.39 is 17.1 Å². The maximum atomic E-state index is 12.0. The van der Waals surface area contributed by atoms with E-state index in [9.17, 15) is 24.8 Å². The molecule has 3 N–H and O–H groups in total. The second kappa shape index (κ2) is 9.68. The lowest BCUT2D eigenvalue weighted by Crippen LogP contribution is -2.50. The van der Waals surface area contributed by atoms with Crippen LogP contribution in [0.25, 0.3) is 0 Å². The zero-order valence-corrected chi connectivity index (χ0v) is 14.2. The molecule has 10 nitrogen and oxygen atoms in total. The first-order chi connectivity index (χ1) is 12.5. The number of piperazine rings is 1. The van der Waals surface area contributed by atoms with Crippen LogP contribution in [0.2, 0.25) is 0 Å². The Kier molecular flexibility index (Phi) is 7.30. The Morgan fingerprint density at radius 1 is 1.31 bits per heavy atom. The van der Waals surface area contributed by atoms with E-state index in [1.54, 1.807) is 4.90 Å². The monoisotopic (exact) mass is 366 g/mol. The number of aliphatic hydroxyl groups excluding tert-OH is 1. The van der Waals surface area contributed by atoms with E-state index in [2.05, 4.69) is 10.6 Å². The third-order valence-electron chi connectivity index (χ3n) is 3.92. The number of aliphatic hydroxyl groups is 1. The standard InChI is InChI=1S/C16H22N4O6/c21-14(15(22)19-9-7-17-8-10-19)5-6-18-16(23)26-11-12-1-3-13(4-2-12)20(24)25/h1-4,14,17,21H,5-11H2,(H,18,23). The third-order valence-corrected chi connectivity index (χ3v) is 3.92. The molecular formula is C16H22N4O6. The van der Waals surface area contributed by atoms with Crippen molar-refractivity contribution in [2.75, 3.05) is 32.7 Å². The van der Waals surface area contributed by atoms with Crippen LogP contribution < -0.4 is 10.6 Å². The largest absolute Gasteiger partial charge is 0.445 e. The molecule has 1 atom stereocenters. The normalized spacial score (nSPS) is 15.2. The topological polar surface area (TPSA) is 134 Å². The van der Waals surface area contributed by atoms with Crippen molar-refractivity contribution in [1.82, 2.24) is 15.5 Å². The predicted molar refractivity (Wildman–Crippen MR) is 91.4 cm³/mol. The number of nitrogens with one attached hydrogen (secondary N) is 2. The number of hydrogen-bond donors (Lipinski definition) is 3. The van der Waals surface area contributed by atoms with Gasteiger partial charge in [-0.15, -0.1) is 0 Å². The number of amides is 2. The summed E-state index contributed by atoms with van der Waals surface area (Å²) in [5.74, 6) is -0.340. The molecule has 0 bridgehead atoms. The van der Waals surface area contributed by atoms with Gasteiger partial charge in [0.2, 0.25) is 0 Å². The van der Waals surface area contributed by atoms with E-state index in [4.69, 9.17) is 4.74 Å². The molecule has 1 aliphatic heterocycles. The van der Waals surface area contributed by atoms with Crippen LogP contribution in [0.3, 0.4) is 0 Å². The highest BCUT2D eigenvalue weighted by molar-refractivity contribution is 5.80. The summed E-state index contributed by atoms with van der Waals surface area (Å²) in [7, 11) is 0. The number of ether oxygens (including phenoxy) is 1. The molecule has 1 saturated heterocycles. The summed E-state index contributed by atoms with van der Waals surface area (Å²) in [4.78, 5) is 35.3. The van der Waals surface area contributed by atoms with Crippen molar-refractivity contribution in [3.05, 3.63) is 39.9 Å². The maximum absolute atomic E-state index is 12.0. The molecular weight excluding hydrogens is 344 g/mol. The van der Waals surface area contributed by atoms with Gasteiger partial charge in [-0.25, -0.2) is 4.79 Å². The smallest absolute Gasteiger partial charge is 0.407 e. The van der Waals surface area contributed by atoms with E-state index in [1.165, 1.54) is 24.3 Å². The second-order valence-electron chi connectivity index (χ2n) is 5.81. The molecule has 1 aromatic carbocycles. The predicted octanol–water partition coefficient (Wildman–Crippen LogP) is 0.00380. The molecule has 1 unspecified atom stereocenters. The number of carbonyl (C=O) groups is 2. The van der Waals surface area contributed by atoms with Crippen LogP contribution in [-0.4, -0.2) is 65.8 Å². The molecule has 2 rings (SSSR count). The molecule has 26 heavy (non-hydrogen) atoms. The quantitative estimate of drug-likeness (QED) is 0.457. The number of rotatable bonds is 7. The van der Waals surface area contributed by atoms with Gasteiger partial charge in [-0.3, -0.25) is 14.9 Å². The van der Waals surface area contributed by atoms with E-state index in [0.29, 0.717) is 31.7 Å². The van der Waals surface area contributed by atoms with Gasteiger partial charge in [0.15, 0.2) is 0 Å². The van der Waals surface area contributed by atoms with E-state index in [0.717, 1.165) is 0 Å². The molecule has 10 heteroatoms.